The molecule has 0 atom stereocenters. The molecule has 0 spiro atoms. The largest absolute Gasteiger partial charge is 2.00 e. The zero-order valence-electron chi connectivity index (χ0n) is 31.0. The van der Waals surface area contributed by atoms with Gasteiger partial charge in [-0.2, -0.15) is 0 Å². The standard InChI is InChI=1S/2C24H21.C2H6Si.Zr/c2*1-2-9-19-12-6-7-14-22(19)23-15-8-13-20-16-21(17-24(20)23)18-10-4-3-5-11-18;1-3-2;/h2*3-8,10-17H,2,9H2,1H3;1-2H3;/q2*-1;;+2. The summed E-state index contributed by atoms with van der Waals surface area (Å²) in [6.45, 7) is 8.79. The van der Waals surface area contributed by atoms with Gasteiger partial charge in [0, 0.05) is 9.52 Å². The third kappa shape index (κ3) is 9.16. The van der Waals surface area contributed by atoms with Crippen LogP contribution in [-0.2, 0) is 39.0 Å². The minimum absolute atomic E-state index is 0. The van der Waals surface area contributed by atoms with Gasteiger partial charge in [0.2, 0.25) is 0 Å². The van der Waals surface area contributed by atoms with Crippen molar-refractivity contribution < 1.29 is 26.2 Å². The normalized spacial score (nSPS) is 10.5. The van der Waals surface area contributed by atoms with Crippen LogP contribution in [-0.4, -0.2) is 9.52 Å². The Hall–Kier alpha value is -4.36. The first-order valence-corrected chi connectivity index (χ1v) is 20.4. The van der Waals surface area contributed by atoms with Gasteiger partial charge in [0.05, 0.1) is 0 Å². The predicted molar refractivity (Wildman–Crippen MR) is 226 cm³/mol. The molecule has 0 fully saturated rings. The summed E-state index contributed by atoms with van der Waals surface area (Å²) in [6.07, 6.45) is 4.59. The maximum Gasteiger partial charge on any atom is 2.00 e. The van der Waals surface area contributed by atoms with Gasteiger partial charge in [-0.1, -0.05) is 195 Å². The van der Waals surface area contributed by atoms with Crippen molar-refractivity contribution in [2.45, 2.75) is 52.6 Å². The van der Waals surface area contributed by atoms with Gasteiger partial charge in [-0.15, -0.1) is 69.1 Å². The zero-order valence-corrected chi connectivity index (χ0v) is 34.5. The summed E-state index contributed by atoms with van der Waals surface area (Å²) >= 11 is 0. The molecule has 8 aromatic rings. The van der Waals surface area contributed by atoms with Crippen LogP contribution < -0.4 is 0 Å². The van der Waals surface area contributed by atoms with Crippen LogP contribution in [0, 0.1) is 0 Å². The van der Waals surface area contributed by atoms with Crippen LogP contribution in [0.15, 0.2) is 170 Å². The van der Waals surface area contributed by atoms with Crippen molar-refractivity contribution in [3.05, 3.63) is 181 Å². The second-order valence-electron chi connectivity index (χ2n) is 13.2. The Balaban J connectivity index is 0.000000184. The van der Waals surface area contributed by atoms with Crippen molar-refractivity contribution in [3.63, 3.8) is 0 Å². The number of hydrogen-bond donors (Lipinski definition) is 0. The topological polar surface area (TPSA) is 0 Å². The molecular formula is C50H48SiZr. The van der Waals surface area contributed by atoms with E-state index in [-0.39, 0.29) is 26.2 Å². The van der Waals surface area contributed by atoms with E-state index in [2.05, 4.69) is 197 Å². The monoisotopic (exact) mass is 766 g/mol. The molecule has 0 unspecified atom stereocenters. The third-order valence-corrected chi connectivity index (χ3v) is 9.37. The summed E-state index contributed by atoms with van der Waals surface area (Å²) in [5.41, 5.74) is 13.5. The van der Waals surface area contributed by atoms with Crippen LogP contribution in [0.25, 0.3) is 66.1 Å². The first-order chi connectivity index (χ1) is 25.1. The first kappa shape index (κ1) is 38.9. The molecule has 256 valence electrons. The maximum atomic E-state index is 2.34. The molecule has 0 aromatic heterocycles. The van der Waals surface area contributed by atoms with E-state index in [9.17, 15) is 0 Å². The van der Waals surface area contributed by atoms with Crippen molar-refractivity contribution in [2.24, 2.45) is 0 Å². The Bertz CT molecular complexity index is 2110. The second-order valence-corrected chi connectivity index (χ2v) is 14.2. The summed E-state index contributed by atoms with van der Waals surface area (Å²) < 4.78 is 0. The second kappa shape index (κ2) is 19.5. The van der Waals surface area contributed by atoms with E-state index in [1.807, 2.05) is 0 Å². The van der Waals surface area contributed by atoms with Gasteiger partial charge < -0.3 is 0 Å². The molecule has 0 amide bonds. The van der Waals surface area contributed by atoms with Crippen LogP contribution in [0.3, 0.4) is 0 Å². The van der Waals surface area contributed by atoms with Gasteiger partial charge in [-0.25, -0.2) is 0 Å². The van der Waals surface area contributed by atoms with Crippen LogP contribution >= 0.6 is 0 Å². The Morgan fingerprint density at radius 3 is 1.15 bits per heavy atom. The minimum Gasteiger partial charge on any atom is -0.144 e. The third-order valence-electron chi connectivity index (χ3n) is 9.37. The Kier molecular flexibility index (Phi) is 14.5. The SMILES string of the molecule is CCCc1ccccc1-c1cccc2[cH-]c(-c3ccccc3)cc12.CCCc1ccccc1-c1cccc2[cH-]c(-c3ccccc3)cc12.C[Si]C.[Zr+2]. The first-order valence-electron chi connectivity index (χ1n) is 18.4. The maximum absolute atomic E-state index is 2.34. The van der Waals surface area contributed by atoms with Crippen LogP contribution in [0.5, 0.6) is 0 Å². The average Bonchev–Trinajstić information content (AvgIpc) is 3.83. The molecule has 0 aliphatic rings. The summed E-state index contributed by atoms with van der Waals surface area (Å²) in [5.74, 6) is 0. The van der Waals surface area contributed by atoms with Crippen molar-refractivity contribution >= 4 is 31.1 Å². The molecule has 0 bridgehead atoms. The summed E-state index contributed by atoms with van der Waals surface area (Å²) in [4.78, 5) is 0. The smallest absolute Gasteiger partial charge is 0.144 e. The summed E-state index contributed by atoms with van der Waals surface area (Å²) in [5, 5.41) is 5.33. The van der Waals surface area contributed by atoms with E-state index in [1.54, 1.807) is 0 Å². The zero-order chi connectivity index (χ0) is 35.4. The number of rotatable bonds is 8. The van der Waals surface area contributed by atoms with Crippen molar-refractivity contribution in [3.8, 4) is 44.5 Å². The number of hydrogen-bond acceptors (Lipinski definition) is 0. The predicted octanol–water partition coefficient (Wildman–Crippen LogP) is 14.5. The van der Waals surface area contributed by atoms with E-state index in [0.29, 0.717) is 0 Å². The van der Waals surface area contributed by atoms with E-state index in [1.165, 1.54) is 90.0 Å². The molecule has 0 nitrogen and oxygen atoms in total. The molecule has 0 saturated carbocycles. The van der Waals surface area contributed by atoms with Crippen molar-refractivity contribution in [1.29, 1.82) is 0 Å². The molecule has 0 aliphatic carbocycles. The van der Waals surface area contributed by atoms with Crippen LogP contribution in [0.1, 0.15) is 37.8 Å². The Morgan fingerprint density at radius 2 is 0.769 bits per heavy atom. The molecule has 0 heterocycles. The molecule has 52 heavy (non-hydrogen) atoms. The molecular weight excluding hydrogens is 720 g/mol. The van der Waals surface area contributed by atoms with Crippen LogP contribution in [0.4, 0.5) is 0 Å². The van der Waals surface area contributed by atoms with E-state index < -0.39 is 0 Å². The molecule has 0 saturated heterocycles. The fraction of sp³-hybridized carbons (Fsp3) is 0.160. The molecule has 0 N–H and O–H groups in total. The van der Waals surface area contributed by atoms with E-state index >= 15 is 0 Å². The Labute approximate surface area is 333 Å². The summed E-state index contributed by atoms with van der Waals surface area (Å²) in [7, 11) is 1.08. The van der Waals surface area contributed by atoms with E-state index in [4.69, 9.17) is 0 Å². The fourth-order valence-corrected chi connectivity index (χ4v) is 7.07. The average molecular weight is 768 g/mol. The van der Waals surface area contributed by atoms with Gasteiger partial charge in [-0.05, 0) is 35.1 Å². The number of aryl methyl sites for hydroxylation is 2. The molecule has 8 aromatic carbocycles. The van der Waals surface area contributed by atoms with Gasteiger partial charge in [0.25, 0.3) is 0 Å². The number of fused-ring (bicyclic) bond motifs is 2. The van der Waals surface area contributed by atoms with Gasteiger partial charge in [0.15, 0.2) is 0 Å². The van der Waals surface area contributed by atoms with Crippen LogP contribution in [0.2, 0.25) is 13.1 Å². The molecule has 2 radical (unpaired) electrons. The molecule has 0 aliphatic heterocycles. The van der Waals surface area contributed by atoms with Crippen molar-refractivity contribution in [1.82, 2.24) is 0 Å². The molecule has 2 heteroatoms. The minimum atomic E-state index is 0. The summed E-state index contributed by atoms with van der Waals surface area (Å²) in [6, 6.07) is 61.5. The van der Waals surface area contributed by atoms with E-state index in [0.717, 1.165) is 22.4 Å². The van der Waals surface area contributed by atoms with Crippen molar-refractivity contribution in [2.75, 3.05) is 0 Å². The molecule has 8 rings (SSSR count). The van der Waals surface area contributed by atoms with Gasteiger partial charge >= 0.3 is 26.2 Å². The number of benzene rings is 6. The van der Waals surface area contributed by atoms with Gasteiger partial charge in [-0.3, -0.25) is 0 Å². The Morgan fingerprint density at radius 1 is 0.423 bits per heavy atom. The van der Waals surface area contributed by atoms with Gasteiger partial charge in [0.1, 0.15) is 0 Å². The quantitative estimate of drug-likeness (QED) is 0.107. The fourth-order valence-electron chi connectivity index (χ4n) is 7.07.